The van der Waals surface area contributed by atoms with Crippen molar-refractivity contribution in [2.24, 2.45) is 0 Å². The first-order chi connectivity index (χ1) is 16.3. The number of hydrogen-bond acceptors (Lipinski definition) is 6. The number of Topliss-reactive ketones (excluding diaryl/α,β-unsaturated/α-hetero) is 1. The van der Waals surface area contributed by atoms with Crippen LogP contribution in [0.15, 0.2) is 70.6 Å². The van der Waals surface area contributed by atoms with E-state index in [-0.39, 0.29) is 17.4 Å². The van der Waals surface area contributed by atoms with Crippen LogP contribution in [0.4, 0.5) is 0 Å². The summed E-state index contributed by atoms with van der Waals surface area (Å²) in [4.78, 5) is 24.6. The summed E-state index contributed by atoms with van der Waals surface area (Å²) in [6.45, 7) is 8.94. The number of nitrogens with one attached hydrogen (secondary N) is 1. The normalized spacial score (nSPS) is 17.9. The van der Waals surface area contributed by atoms with Crippen LogP contribution in [0, 0.1) is 0 Å². The van der Waals surface area contributed by atoms with Crippen LogP contribution in [0.1, 0.15) is 58.8 Å². The third-order valence-corrected chi connectivity index (χ3v) is 5.75. The number of rotatable bonds is 12. The van der Waals surface area contributed by atoms with Gasteiger partial charge in [-0.05, 0) is 74.5 Å². The van der Waals surface area contributed by atoms with Crippen LogP contribution in [0.2, 0.25) is 0 Å². The molecule has 1 amide bonds. The molecule has 1 aliphatic heterocycles. The van der Waals surface area contributed by atoms with Crippen molar-refractivity contribution in [1.82, 2.24) is 5.32 Å². The smallest absolute Gasteiger partial charge is 0.220 e. The zero-order valence-electron chi connectivity index (χ0n) is 20.6. The van der Waals surface area contributed by atoms with Gasteiger partial charge in [-0.15, -0.1) is 0 Å². The molecule has 0 spiro atoms. The van der Waals surface area contributed by atoms with Gasteiger partial charge in [0.2, 0.25) is 5.91 Å². The summed E-state index contributed by atoms with van der Waals surface area (Å²) in [6.07, 6.45) is 11.3. The van der Waals surface area contributed by atoms with E-state index in [4.69, 9.17) is 14.2 Å². The van der Waals surface area contributed by atoms with Gasteiger partial charge in [-0.25, -0.2) is 0 Å². The number of aliphatic hydroxyl groups excluding tert-OH is 1. The quantitative estimate of drug-likeness (QED) is 0.304. The van der Waals surface area contributed by atoms with Gasteiger partial charge in [0, 0.05) is 19.4 Å². The molecule has 1 saturated heterocycles. The van der Waals surface area contributed by atoms with Gasteiger partial charge in [0.1, 0.15) is 19.0 Å². The maximum atomic E-state index is 12.4. The van der Waals surface area contributed by atoms with Crippen molar-refractivity contribution in [3.05, 3.63) is 70.6 Å². The molecule has 7 nitrogen and oxygen atoms in total. The van der Waals surface area contributed by atoms with Crippen LogP contribution in [0.3, 0.4) is 0 Å². The second kappa shape index (κ2) is 14.1. The van der Waals surface area contributed by atoms with Gasteiger partial charge < -0.3 is 24.6 Å². The lowest BCUT2D eigenvalue weighted by molar-refractivity contribution is -0.121. The van der Waals surface area contributed by atoms with E-state index >= 15 is 0 Å². The lowest BCUT2D eigenvalue weighted by Crippen LogP contribution is -2.24. The predicted octanol–water partition coefficient (Wildman–Crippen LogP) is 5.10. The third kappa shape index (κ3) is 8.96. The molecule has 0 atom stereocenters. The molecule has 34 heavy (non-hydrogen) atoms. The van der Waals surface area contributed by atoms with E-state index in [1.54, 1.807) is 32.3 Å². The molecule has 1 aliphatic carbocycles. The molecule has 7 heteroatoms. The molecular weight excluding hydrogens is 434 g/mol. The monoisotopic (exact) mass is 471 g/mol. The minimum Gasteiger partial charge on any atom is -0.508 e. The number of hydrogen-bond donors (Lipinski definition) is 2. The van der Waals surface area contributed by atoms with Crippen LogP contribution in [-0.2, 0) is 23.8 Å². The van der Waals surface area contributed by atoms with E-state index in [0.29, 0.717) is 62.5 Å². The molecule has 0 aromatic heterocycles. The van der Waals surface area contributed by atoms with Crippen molar-refractivity contribution in [2.45, 2.75) is 58.8 Å². The molecule has 2 rings (SSSR count). The highest BCUT2D eigenvalue weighted by molar-refractivity contribution is 5.96. The van der Waals surface area contributed by atoms with Crippen LogP contribution >= 0.6 is 0 Å². The largest absolute Gasteiger partial charge is 0.508 e. The highest BCUT2D eigenvalue weighted by Crippen LogP contribution is 2.22. The molecule has 0 aromatic carbocycles. The maximum absolute atomic E-state index is 12.4. The average Bonchev–Trinajstić information content (AvgIpc) is 2.99. The highest BCUT2D eigenvalue weighted by Gasteiger charge is 2.14. The van der Waals surface area contributed by atoms with Crippen LogP contribution < -0.4 is 5.32 Å². The topological polar surface area (TPSA) is 94.1 Å². The fourth-order valence-corrected chi connectivity index (χ4v) is 3.58. The van der Waals surface area contributed by atoms with E-state index in [0.717, 1.165) is 36.2 Å². The van der Waals surface area contributed by atoms with E-state index in [2.05, 4.69) is 11.9 Å². The summed E-state index contributed by atoms with van der Waals surface area (Å²) in [7, 11) is 1.61. The Morgan fingerprint density at radius 1 is 1.18 bits per heavy atom. The van der Waals surface area contributed by atoms with Gasteiger partial charge in [0.25, 0.3) is 0 Å². The number of carbonyl (C=O) groups excluding carboxylic acids is 2. The number of allylic oxidation sites excluding steroid dienone is 7. The molecule has 0 aromatic rings. The molecule has 186 valence electrons. The Bertz CT molecular complexity index is 919. The van der Waals surface area contributed by atoms with E-state index < -0.39 is 0 Å². The first kappa shape index (κ1) is 27.0. The average molecular weight is 472 g/mol. The van der Waals surface area contributed by atoms with Gasteiger partial charge in [-0.1, -0.05) is 19.1 Å². The Morgan fingerprint density at radius 3 is 2.65 bits per heavy atom. The Hall–Kier alpha value is -3.22. The Kier molecular flexibility index (Phi) is 11.2. The number of unbranched alkanes of at least 4 members (excludes halogenated alkanes) is 2. The molecule has 0 radical (unpaired) electrons. The summed E-state index contributed by atoms with van der Waals surface area (Å²) < 4.78 is 16.4. The second-order valence-corrected chi connectivity index (χ2v) is 8.34. The molecular formula is C27H37NO6. The second-order valence-electron chi connectivity index (χ2n) is 8.34. The standard InChI is InChI=1S/C27H37NO6/c1-19-17-23(9-8-11-24(19)29)25(30)10-6-5-7-12-27(31)28-14-13-22(20(2)32-4)18-26-21(3)33-15-16-34-26/h8,11,17-18,29H,3,5-7,9-10,12-16H2,1-2,4H3,(H,28,31)/b22-20+,26-18+. The number of ketones is 1. The molecule has 0 unspecified atom stereocenters. The maximum Gasteiger partial charge on any atom is 0.220 e. The predicted molar refractivity (Wildman–Crippen MR) is 132 cm³/mol. The summed E-state index contributed by atoms with van der Waals surface area (Å²) in [5, 5.41) is 12.7. The molecule has 2 aliphatic rings. The lowest BCUT2D eigenvalue weighted by Gasteiger charge is -2.20. The minimum absolute atomic E-state index is 0.0112. The first-order valence-corrected chi connectivity index (χ1v) is 11.8. The Labute approximate surface area is 202 Å². The summed E-state index contributed by atoms with van der Waals surface area (Å²) in [5.41, 5.74) is 2.33. The molecule has 0 saturated carbocycles. The number of ether oxygens (including phenoxy) is 3. The molecule has 0 bridgehead atoms. The number of aliphatic hydroxyl groups is 1. The van der Waals surface area contributed by atoms with Gasteiger partial charge in [0.05, 0.1) is 12.9 Å². The summed E-state index contributed by atoms with van der Waals surface area (Å²) in [5.74, 6) is 2.10. The van der Waals surface area contributed by atoms with Gasteiger partial charge in [-0.3, -0.25) is 9.59 Å². The first-order valence-electron chi connectivity index (χ1n) is 11.8. The van der Waals surface area contributed by atoms with Gasteiger partial charge >= 0.3 is 0 Å². The fraction of sp³-hybridized carbons (Fsp3) is 0.481. The van der Waals surface area contributed by atoms with Crippen molar-refractivity contribution in [3.8, 4) is 0 Å². The van der Waals surface area contributed by atoms with Crippen LogP contribution in [0.5, 0.6) is 0 Å². The van der Waals surface area contributed by atoms with Crippen molar-refractivity contribution in [2.75, 3.05) is 26.9 Å². The zero-order chi connectivity index (χ0) is 24.9. The summed E-state index contributed by atoms with van der Waals surface area (Å²) >= 11 is 0. The van der Waals surface area contributed by atoms with E-state index in [1.807, 2.05) is 13.0 Å². The van der Waals surface area contributed by atoms with Crippen LogP contribution in [-0.4, -0.2) is 43.7 Å². The van der Waals surface area contributed by atoms with Gasteiger partial charge in [-0.2, -0.15) is 0 Å². The van der Waals surface area contributed by atoms with Crippen molar-refractivity contribution in [3.63, 3.8) is 0 Å². The lowest BCUT2D eigenvalue weighted by atomic mass is 10.0. The molecule has 1 fully saturated rings. The van der Waals surface area contributed by atoms with Crippen LogP contribution in [0.25, 0.3) is 0 Å². The number of carbonyl (C=O) groups is 2. The Balaban J connectivity index is 1.68. The minimum atomic E-state index is -0.0112. The number of methoxy groups -OCH3 is 1. The Morgan fingerprint density at radius 2 is 1.91 bits per heavy atom. The number of amides is 1. The summed E-state index contributed by atoms with van der Waals surface area (Å²) in [6, 6.07) is 0. The fourth-order valence-electron chi connectivity index (χ4n) is 3.58. The highest BCUT2D eigenvalue weighted by atomic mass is 16.6. The SMILES string of the molecule is C=C1OCCO/C1=C/C(CCNC(=O)CCCCCC(=O)C1=CC(C)=C(O)C=CC1)=C(\C)OC. The van der Waals surface area contributed by atoms with Crippen molar-refractivity contribution in [1.29, 1.82) is 0 Å². The van der Waals surface area contributed by atoms with Crippen molar-refractivity contribution >= 4 is 11.7 Å². The van der Waals surface area contributed by atoms with E-state index in [9.17, 15) is 14.7 Å². The van der Waals surface area contributed by atoms with E-state index in [1.165, 1.54) is 0 Å². The third-order valence-electron chi connectivity index (χ3n) is 5.75. The zero-order valence-corrected chi connectivity index (χ0v) is 20.6. The molecule has 1 heterocycles. The van der Waals surface area contributed by atoms with Gasteiger partial charge in [0.15, 0.2) is 17.3 Å². The van der Waals surface area contributed by atoms with Crippen molar-refractivity contribution < 1.29 is 28.9 Å². The molecule has 2 N–H and O–H groups in total.